The molecule has 8 aromatic carbocycles. The average molecular weight is 660 g/mol. The van der Waals surface area contributed by atoms with Gasteiger partial charge in [0, 0.05) is 47.0 Å². The summed E-state index contributed by atoms with van der Waals surface area (Å²) in [4.78, 5) is 2.45. The van der Waals surface area contributed by atoms with Crippen molar-refractivity contribution in [2.24, 2.45) is 0 Å². The van der Waals surface area contributed by atoms with E-state index in [-0.39, 0.29) is 0 Å². The van der Waals surface area contributed by atoms with Crippen LogP contribution in [0.5, 0.6) is 0 Å². The Bertz CT molecular complexity index is 2840. The summed E-state index contributed by atoms with van der Waals surface area (Å²) in [7, 11) is 0. The van der Waals surface area contributed by atoms with Crippen LogP contribution in [0.3, 0.4) is 0 Å². The minimum absolute atomic E-state index is 1.13. The van der Waals surface area contributed by atoms with Crippen LogP contribution in [-0.2, 0) is 0 Å². The van der Waals surface area contributed by atoms with Crippen molar-refractivity contribution in [3.8, 4) is 22.3 Å². The molecule has 0 atom stereocenters. The number of anilines is 3. The first kappa shape index (κ1) is 28.3. The normalized spacial score (nSPS) is 11.7. The van der Waals surface area contributed by atoms with Gasteiger partial charge in [0.2, 0.25) is 0 Å². The van der Waals surface area contributed by atoms with Crippen molar-refractivity contribution in [3.05, 3.63) is 176 Å². The topological polar surface area (TPSA) is 3.24 Å². The van der Waals surface area contributed by atoms with Crippen LogP contribution in [0.2, 0.25) is 0 Å². The zero-order chi connectivity index (χ0) is 32.3. The van der Waals surface area contributed by atoms with Crippen molar-refractivity contribution in [3.63, 3.8) is 0 Å². The van der Waals surface area contributed by atoms with Gasteiger partial charge in [-0.1, -0.05) is 121 Å². The molecule has 0 bridgehead atoms. The van der Waals surface area contributed by atoms with Crippen molar-refractivity contribution in [1.29, 1.82) is 0 Å². The lowest BCUT2D eigenvalue weighted by atomic mass is 9.92. The van der Waals surface area contributed by atoms with Crippen molar-refractivity contribution in [2.45, 2.75) is 0 Å². The number of thiophene rings is 2. The maximum atomic E-state index is 2.45. The number of hydrogen-bond donors (Lipinski definition) is 0. The molecule has 10 aromatic rings. The first-order valence-corrected chi connectivity index (χ1v) is 18.2. The Morgan fingerprint density at radius 2 is 1.00 bits per heavy atom. The Labute approximate surface area is 292 Å². The summed E-state index contributed by atoms with van der Waals surface area (Å²) in [6.07, 6.45) is 0. The van der Waals surface area contributed by atoms with E-state index < -0.39 is 0 Å². The van der Waals surface area contributed by atoms with Gasteiger partial charge < -0.3 is 4.90 Å². The minimum atomic E-state index is 1.13. The minimum Gasteiger partial charge on any atom is -0.309 e. The molecular weight excluding hydrogens is 631 g/mol. The van der Waals surface area contributed by atoms with Crippen LogP contribution in [0.4, 0.5) is 17.1 Å². The van der Waals surface area contributed by atoms with Gasteiger partial charge in [-0.2, -0.15) is 0 Å². The maximum Gasteiger partial charge on any atom is 0.0640 e. The molecule has 0 amide bonds. The lowest BCUT2D eigenvalue weighted by Gasteiger charge is -2.27. The SMILES string of the molecule is c1ccc(-c2cc(N(c3ccc4ccccc4c3)c3cccc4c3sc3ccccc34)ccc2-c2ccc3sc4ccccc4c3c2)cc1. The molecule has 0 aliphatic rings. The molecule has 3 heteroatoms. The third kappa shape index (κ3) is 4.74. The molecule has 0 aliphatic heterocycles. The number of benzene rings is 8. The van der Waals surface area contributed by atoms with Gasteiger partial charge in [0.25, 0.3) is 0 Å². The Balaban J connectivity index is 1.23. The third-order valence-corrected chi connectivity index (χ3v) is 12.0. The van der Waals surface area contributed by atoms with E-state index in [0.29, 0.717) is 0 Å². The van der Waals surface area contributed by atoms with Gasteiger partial charge in [0.1, 0.15) is 0 Å². The fourth-order valence-electron chi connectivity index (χ4n) is 7.32. The molecule has 0 saturated carbocycles. The Kier molecular flexibility index (Phi) is 6.61. The van der Waals surface area contributed by atoms with Crippen LogP contribution < -0.4 is 4.90 Å². The van der Waals surface area contributed by atoms with Gasteiger partial charge in [-0.05, 0) is 87.6 Å². The molecule has 0 unspecified atom stereocenters. The van der Waals surface area contributed by atoms with Crippen LogP contribution in [0.25, 0.3) is 73.4 Å². The van der Waals surface area contributed by atoms with E-state index in [1.165, 1.54) is 79.1 Å². The van der Waals surface area contributed by atoms with Crippen LogP contribution in [-0.4, -0.2) is 0 Å². The molecule has 230 valence electrons. The van der Waals surface area contributed by atoms with Crippen LogP contribution in [0.1, 0.15) is 0 Å². The smallest absolute Gasteiger partial charge is 0.0640 e. The average Bonchev–Trinajstić information content (AvgIpc) is 3.74. The lowest BCUT2D eigenvalue weighted by Crippen LogP contribution is -2.10. The van der Waals surface area contributed by atoms with E-state index >= 15 is 0 Å². The van der Waals surface area contributed by atoms with Gasteiger partial charge in [-0.25, -0.2) is 0 Å². The Morgan fingerprint density at radius 1 is 0.347 bits per heavy atom. The van der Waals surface area contributed by atoms with Crippen LogP contribution >= 0.6 is 22.7 Å². The highest BCUT2D eigenvalue weighted by atomic mass is 32.1. The molecule has 0 spiro atoms. The van der Waals surface area contributed by atoms with E-state index in [0.717, 1.165) is 11.4 Å². The van der Waals surface area contributed by atoms with Gasteiger partial charge in [-0.3, -0.25) is 0 Å². The first-order valence-electron chi connectivity index (χ1n) is 16.6. The van der Waals surface area contributed by atoms with Gasteiger partial charge >= 0.3 is 0 Å². The standard InChI is InChI=1S/C46H29NS2/c1-2-12-31(13-3-1)40-29-35(24-25-36(40)33-22-26-45-41(28-33)38-16-7-8-19-43(38)48-45)47(34-23-21-30-11-4-5-14-32(30)27-34)42-18-10-17-39-37-15-6-9-20-44(37)49-46(39)42/h1-29H. The molecule has 0 radical (unpaired) electrons. The largest absolute Gasteiger partial charge is 0.309 e. The molecule has 0 fully saturated rings. The lowest BCUT2D eigenvalue weighted by molar-refractivity contribution is 1.31. The summed E-state index contributed by atoms with van der Waals surface area (Å²) in [5.41, 5.74) is 8.33. The molecule has 1 nitrogen and oxygen atoms in total. The quantitative estimate of drug-likeness (QED) is 0.178. The highest BCUT2D eigenvalue weighted by Crippen LogP contribution is 2.47. The van der Waals surface area contributed by atoms with E-state index in [1.54, 1.807) is 0 Å². The molecule has 10 rings (SSSR count). The molecule has 2 aromatic heterocycles. The number of nitrogens with zero attached hydrogens (tertiary/aromatic N) is 1. The fraction of sp³-hybridized carbons (Fsp3) is 0. The van der Waals surface area contributed by atoms with E-state index in [4.69, 9.17) is 0 Å². The molecule has 0 aliphatic carbocycles. The second kappa shape index (κ2) is 11.5. The second-order valence-corrected chi connectivity index (χ2v) is 14.7. The van der Waals surface area contributed by atoms with Gasteiger partial charge in [0.15, 0.2) is 0 Å². The molecular formula is C46H29NS2. The molecule has 49 heavy (non-hydrogen) atoms. The van der Waals surface area contributed by atoms with Crippen molar-refractivity contribution < 1.29 is 0 Å². The maximum absolute atomic E-state index is 2.45. The zero-order valence-corrected chi connectivity index (χ0v) is 28.1. The summed E-state index contributed by atoms with van der Waals surface area (Å²) < 4.78 is 5.24. The molecule has 2 heterocycles. The van der Waals surface area contributed by atoms with Crippen molar-refractivity contribution >= 4 is 90.9 Å². The van der Waals surface area contributed by atoms with Gasteiger partial charge in [0.05, 0.1) is 10.4 Å². The summed E-state index contributed by atoms with van der Waals surface area (Å²) in [5, 5.41) is 7.70. The second-order valence-electron chi connectivity index (χ2n) is 12.5. The number of rotatable bonds is 5. The monoisotopic (exact) mass is 659 g/mol. The zero-order valence-electron chi connectivity index (χ0n) is 26.5. The van der Waals surface area contributed by atoms with Crippen molar-refractivity contribution in [2.75, 3.05) is 4.90 Å². The summed E-state index contributed by atoms with van der Waals surface area (Å²) in [6, 6.07) is 64.5. The van der Waals surface area contributed by atoms with E-state index in [9.17, 15) is 0 Å². The Hall–Kier alpha value is -5.74. The summed E-state index contributed by atoms with van der Waals surface area (Å²) in [5.74, 6) is 0. The van der Waals surface area contributed by atoms with E-state index in [1.807, 2.05) is 22.7 Å². The van der Waals surface area contributed by atoms with Crippen LogP contribution in [0.15, 0.2) is 176 Å². The Morgan fingerprint density at radius 3 is 1.86 bits per heavy atom. The van der Waals surface area contributed by atoms with Gasteiger partial charge in [-0.15, -0.1) is 22.7 Å². The van der Waals surface area contributed by atoms with Crippen LogP contribution in [0, 0.1) is 0 Å². The molecule has 0 saturated heterocycles. The third-order valence-electron chi connectivity index (χ3n) is 9.65. The highest BCUT2D eigenvalue weighted by molar-refractivity contribution is 7.26. The molecule has 0 N–H and O–H groups in total. The first-order chi connectivity index (χ1) is 24.3. The van der Waals surface area contributed by atoms with E-state index in [2.05, 4.69) is 181 Å². The highest BCUT2D eigenvalue weighted by Gasteiger charge is 2.20. The number of fused-ring (bicyclic) bond motifs is 7. The summed E-state index contributed by atoms with van der Waals surface area (Å²) in [6.45, 7) is 0. The predicted molar refractivity (Wildman–Crippen MR) is 215 cm³/mol. The fourth-order valence-corrected chi connectivity index (χ4v) is 9.62. The number of hydrogen-bond acceptors (Lipinski definition) is 3. The summed E-state index contributed by atoms with van der Waals surface area (Å²) >= 11 is 3.74. The van der Waals surface area contributed by atoms with Crippen molar-refractivity contribution in [1.82, 2.24) is 0 Å². The predicted octanol–water partition coefficient (Wildman–Crippen LogP) is 14.4.